The summed E-state index contributed by atoms with van der Waals surface area (Å²) in [7, 11) is 0. The van der Waals surface area contributed by atoms with Crippen LogP contribution < -0.4 is 11.1 Å². The zero-order chi connectivity index (χ0) is 14.0. The van der Waals surface area contributed by atoms with Crippen molar-refractivity contribution in [2.45, 2.75) is 25.8 Å². The average molecular weight is 266 g/mol. The monoisotopic (exact) mass is 266 g/mol. The van der Waals surface area contributed by atoms with Crippen LogP contribution in [0.2, 0.25) is 0 Å². The Morgan fingerprint density at radius 2 is 2.37 bits per heavy atom. The van der Waals surface area contributed by atoms with Gasteiger partial charge >= 0.3 is 5.97 Å². The number of aromatic nitrogens is 2. The predicted octanol–water partition coefficient (Wildman–Crippen LogP) is -0.439. The number of esters is 1. The minimum Gasteiger partial charge on any atom is -0.462 e. The number of ether oxygens (including phenoxy) is 1. The van der Waals surface area contributed by atoms with Crippen LogP contribution in [0.25, 0.3) is 0 Å². The van der Waals surface area contributed by atoms with Crippen molar-refractivity contribution in [3.8, 4) is 0 Å². The molecular formula is C11H14N4O4. The van der Waals surface area contributed by atoms with E-state index in [9.17, 15) is 14.4 Å². The van der Waals surface area contributed by atoms with E-state index in [1.807, 2.05) is 0 Å². The van der Waals surface area contributed by atoms with Gasteiger partial charge in [0.15, 0.2) is 0 Å². The second-order valence-electron chi connectivity index (χ2n) is 4.07. The molecular weight excluding hydrogens is 252 g/mol. The number of nitrogens with one attached hydrogen (secondary N) is 1. The fourth-order valence-corrected chi connectivity index (χ4v) is 1.85. The minimum atomic E-state index is -0.648. The highest BCUT2D eigenvalue weighted by atomic mass is 16.5. The second kappa shape index (κ2) is 5.09. The molecule has 0 aromatic carbocycles. The standard InChI is InChI=1S/C11H14N4O4/c1-2-19-11(18)6-5-13-15(9(6)12)10(17)7-3-4-8(16)14-7/h5,7H,2-4,12H2,1H3,(H,14,16). The van der Waals surface area contributed by atoms with Crippen molar-refractivity contribution in [1.82, 2.24) is 15.1 Å². The third-order valence-corrected chi connectivity index (χ3v) is 2.80. The normalized spacial score (nSPS) is 18.2. The third kappa shape index (κ3) is 2.42. The Bertz CT molecular complexity index is 537. The van der Waals surface area contributed by atoms with Crippen molar-refractivity contribution in [1.29, 1.82) is 0 Å². The molecule has 0 aliphatic carbocycles. The van der Waals surface area contributed by atoms with Gasteiger partial charge in [0.25, 0.3) is 5.91 Å². The van der Waals surface area contributed by atoms with Gasteiger partial charge in [-0.2, -0.15) is 9.78 Å². The Balaban J connectivity index is 2.19. The maximum absolute atomic E-state index is 12.1. The number of hydrogen-bond donors (Lipinski definition) is 2. The molecule has 2 heterocycles. The Kier molecular flexibility index (Phi) is 3.50. The van der Waals surface area contributed by atoms with Crippen LogP contribution in [-0.2, 0) is 9.53 Å². The van der Waals surface area contributed by atoms with Crippen LogP contribution in [0.3, 0.4) is 0 Å². The summed E-state index contributed by atoms with van der Waals surface area (Å²) in [6.07, 6.45) is 1.87. The van der Waals surface area contributed by atoms with E-state index in [4.69, 9.17) is 10.5 Å². The summed E-state index contributed by atoms with van der Waals surface area (Å²) in [6.45, 7) is 1.87. The van der Waals surface area contributed by atoms with Gasteiger partial charge in [-0.3, -0.25) is 9.59 Å². The number of carbonyl (C=O) groups excluding carboxylic acids is 3. The zero-order valence-electron chi connectivity index (χ0n) is 10.4. The van der Waals surface area contributed by atoms with Gasteiger partial charge in [-0.15, -0.1) is 0 Å². The van der Waals surface area contributed by atoms with E-state index >= 15 is 0 Å². The molecule has 1 saturated heterocycles. The number of carbonyl (C=O) groups is 3. The lowest BCUT2D eigenvalue weighted by atomic mass is 10.2. The fraction of sp³-hybridized carbons (Fsp3) is 0.455. The number of amides is 1. The topological polar surface area (TPSA) is 116 Å². The van der Waals surface area contributed by atoms with Crippen LogP contribution in [0.4, 0.5) is 5.82 Å². The highest BCUT2D eigenvalue weighted by Crippen LogP contribution is 2.16. The molecule has 1 atom stereocenters. The minimum absolute atomic E-state index is 0.0412. The quantitative estimate of drug-likeness (QED) is 0.716. The smallest absolute Gasteiger partial charge is 0.343 e. The van der Waals surface area contributed by atoms with Crippen LogP contribution in [0.5, 0.6) is 0 Å². The molecule has 0 spiro atoms. The van der Waals surface area contributed by atoms with E-state index in [1.54, 1.807) is 6.92 Å². The summed E-state index contributed by atoms with van der Waals surface area (Å²) in [5.41, 5.74) is 5.75. The first-order valence-corrected chi connectivity index (χ1v) is 5.88. The van der Waals surface area contributed by atoms with Crippen molar-refractivity contribution in [2.24, 2.45) is 0 Å². The van der Waals surface area contributed by atoms with E-state index in [0.29, 0.717) is 12.8 Å². The molecule has 8 heteroatoms. The predicted molar refractivity (Wildman–Crippen MR) is 64.4 cm³/mol. The van der Waals surface area contributed by atoms with Crippen LogP contribution in [0, 0.1) is 0 Å². The highest BCUT2D eigenvalue weighted by Gasteiger charge is 2.31. The van der Waals surface area contributed by atoms with E-state index in [1.165, 1.54) is 6.20 Å². The Hall–Kier alpha value is -2.38. The molecule has 2 rings (SSSR count). The lowest BCUT2D eigenvalue weighted by Crippen LogP contribution is -2.37. The molecule has 1 aliphatic rings. The number of nitrogens with two attached hydrogens (primary N) is 1. The number of hydrogen-bond acceptors (Lipinski definition) is 6. The SMILES string of the molecule is CCOC(=O)c1cnn(C(=O)C2CCC(=O)N2)c1N. The van der Waals surface area contributed by atoms with E-state index < -0.39 is 17.9 Å². The van der Waals surface area contributed by atoms with E-state index in [0.717, 1.165) is 4.68 Å². The Labute approximate surface area is 108 Å². The van der Waals surface area contributed by atoms with Crippen LogP contribution in [-0.4, -0.2) is 40.2 Å². The first-order chi connectivity index (χ1) is 9.04. The van der Waals surface area contributed by atoms with Gasteiger partial charge in [0, 0.05) is 6.42 Å². The average Bonchev–Trinajstić information content (AvgIpc) is 2.95. The summed E-state index contributed by atoms with van der Waals surface area (Å²) >= 11 is 0. The van der Waals surface area contributed by atoms with Gasteiger partial charge in [0.2, 0.25) is 5.91 Å². The number of nitrogens with zero attached hydrogens (tertiary/aromatic N) is 2. The van der Waals surface area contributed by atoms with Gasteiger partial charge in [-0.1, -0.05) is 0 Å². The fourth-order valence-electron chi connectivity index (χ4n) is 1.85. The lowest BCUT2D eigenvalue weighted by Gasteiger charge is -2.09. The summed E-state index contributed by atoms with van der Waals surface area (Å²) in [6, 6.07) is -0.648. The van der Waals surface area contributed by atoms with Gasteiger partial charge in [-0.05, 0) is 13.3 Å². The molecule has 1 aliphatic heterocycles. The molecule has 19 heavy (non-hydrogen) atoms. The molecule has 0 radical (unpaired) electrons. The van der Waals surface area contributed by atoms with Gasteiger partial charge in [-0.25, -0.2) is 4.79 Å². The third-order valence-electron chi connectivity index (χ3n) is 2.80. The van der Waals surface area contributed by atoms with Crippen molar-refractivity contribution in [3.63, 3.8) is 0 Å². The first kappa shape index (κ1) is 13.1. The van der Waals surface area contributed by atoms with Gasteiger partial charge < -0.3 is 15.8 Å². The molecule has 1 aromatic heterocycles. The molecule has 102 valence electrons. The van der Waals surface area contributed by atoms with Crippen molar-refractivity contribution in [3.05, 3.63) is 11.8 Å². The summed E-state index contributed by atoms with van der Waals surface area (Å²) in [5.74, 6) is -1.35. The number of anilines is 1. The van der Waals surface area contributed by atoms with Crippen molar-refractivity contribution in [2.75, 3.05) is 12.3 Å². The molecule has 1 unspecified atom stereocenters. The molecule has 0 saturated carbocycles. The maximum Gasteiger partial charge on any atom is 0.343 e. The zero-order valence-corrected chi connectivity index (χ0v) is 10.4. The summed E-state index contributed by atoms with van der Waals surface area (Å²) in [5, 5.41) is 6.30. The molecule has 1 amide bonds. The molecule has 8 nitrogen and oxygen atoms in total. The van der Waals surface area contributed by atoms with Crippen LogP contribution in [0.15, 0.2) is 6.20 Å². The van der Waals surface area contributed by atoms with Gasteiger partial charge in [0.1, 0.15) is 17.4 Å². The highest BCUT2D eigenvalue weighted by molar-refractivity contribution is 5.98. The number of nitrogen functional groups attached to an aromatic ring is 1. The lowest BCUT2D eigenvalue weighted by molar-refractivity contribution is -0.119. The Morgan fingerprint density at radius 3 is 2.95 bits per heavy atom. The van der Waals surface area contributed by atoms with E-state index in [-0.39, 0.29) is 23.9 Å². The molecule has 3 N–H and O–H groups in total. The van der Waals surface area contributed by atoms with E-state index in [2.05, 4.69) is 10.4 Å². The Morgan fingerprint density at radius 1 is 1.63 bits per heavy atom. The summed E-state index contributed by atoms with van der Waals surface area (Å²) < 4.78 is 5.71. The first-order valence-electron chi connectivity index (χ1n) is 5.88. The molecule has 1 fully saturated rings. The molecule has 1 aromatic rings. The maximum atomic E-state index is 12.1. The van der Waals surface area contributed by atoms with Crippen LogP contribution in [0.1, 0.15) is 34.9 Å². The largest absolute Gasteiger partial charge is 0.462 e. The van der Waals surface area contributed by atoms with Crippen molar-refractivity contribution < 1.29 is 19.1 Å². The van der Waals surface area contributed by atoms with Gasteiger partial charge in [0.05, 0.1) is 12.8 Å². The summed E-state index contributed by atoms with van der Waals surface area (Å²) in [4.78, 5) is 34.7. The second-order valence-corrected chi connectivity index (χ2v) is 4.07. The molecule has 0 bridgehead atoms. The van der Waals surface area contributed by atoms with Crippen molar-refractivity contribution >= 4 is 23.6 Å². The van der Waals surface area contributed by atoms with Crippen LogP contribution >= 0.6 is 0 Å². The number of rotatable bonds is 3.